The summed E-state index contributed by atoms with van der Waals surface area (Å²) in [6.45, 7) is 2.77. The van der Waals surface area contributed by atoms with E-state index in [-0.39, 0.29) is 11.8 Å². The minimum Gasteiger partial charge on any atom is -0.497 e. The van der Waals surface area contributed by atoms with E-state index in [4.69, 9.17) is 4.74 Å². The third-order valence-electron chi connectivity index (χ3n) is 4.18. The molecule has 0 spiro atoms. The van der Waals surface area contributed by atoms with Crippen molar-refractivity contribution in [1.29, 1.82) is 0 Å². The van der Waals surface area contributed by atoms with E-state index in [0.29, 0.717) is 12.5 Å². The summed E-state index contributed by atoms with van der Waals surface area (Å²) in [4.78, 5) is 12.0. The number of nitrogens with one attached hydrogen (secondary N) is 1. The molecule has 3 unspecified atom stereocenters. The van der Waals surface area contributed by atoms with Gasteiger partial charge in [0.05, 0.1) is 19.1 Å². The highest BCUT2D eigenvalue weighted by molar-refractivity contribution is 5.79. The first-order valence-corrected chi connectivity index (χ1v) is 7.69. The van der Waals surface area contributed by atoms with E-state index in [2.05, 4.69) is 24.4 Å². The van der Waals surface area contributed by atoms with Crippen molar-refractivity contribution in [1.82, 2.24) is 5.32 Å². The van der Waals surface area contributed by atoms with E-state index < -0.39 is 6.10 Å². The predicted molar refractivity (Wildman–Crippen MR) is 82.2 cm³/mol. The van der Waals surface area contributed by atoms with Crippen LogP contribution in [0.2, 0.25) is 0 Å². The Morgan fingerprint density at radius 2 is 2.10 bits per heavy atom. The van der Waals surface area contributed by atoms with E-state index >= 15 is 0 Å². The molecule has 1 amide bonds. The number of aliphatic hydroxyl groups is 1. The number of carbonyl (C=O) groups excluding carboxylic acids is 1. The van der Waals surface area contributed by atoms with Crippen molar-refractivity contribution in [2.45, 2.75) is 38.7 Å². The zero-order valence-electron chi connectivity index (χ0n) is 12.8. The summed E-state index contributed by atoms with van der Waals surface area (Å²) in [5, 5.41) is 12.7. The number of amides is 1. The molecule has 0 bridgehead atoms. The molecule has 1 aromatic carbocycles. The lowest BCUT2D eigenvalue weighted by Gasteiger charge is -2.17. The van der Waals surface area contributed by atoms with Crippen LogP contribution in [0.25, 0.3) is 0 Å². The molecule has 1 fully saturated rings. The molecule has 21 heavy (non-hydrogen) atoms. The van der Waals surface area contributed by atoms with E-state index in [1.54, 1.807) is 7.11 Å². The second-order valence-corrected chi connectivity index (χ2v) is 6.01. The largest absolute Gasteiger partial charge is 0.497 e. The van der Waals surface area contributed by atoms with Gasteiger partial charge in [0.15, 0.2) is 0 Å². The van der Waals surface area contributed by atoms with Crippen molar-refractivity contribution in [3.8, 4) is 5.75 Å². The molecule has 2 N–H and O–H groups in total. The quantitative estimate of drug-likeness (QED) is 0.844. The first kappa shape index (κ1) is 15.8. The molecular weight excluding hydrogens is 266 g/mol. The molecule has 1 saturated carbocycles. The molecular formula is C17H25NO3. The number of hydrogen-bond donors (Lipinski definition) is 2. The van der Waals surface area contributed by atoms with Gasteiger partial charge >= 0.3 is 0 Å². The SMILES string of the molecule is COc1ccc(CC(C)CNC(=O)C2CCCC2O)cc1. The van der Waals surface area contributed by atoms with Crippen molar-refractivity contribution < 1.29 is 14.6 Å². The Hall–Kier alpha value is -1.55. The Labute approximate surface area is 126 Å². The van der Waals surface area contributed by atoms with Gasteiger partial charge < -0.3 is 15.2 Å². The fourth-order valence-corrected chi connectivity index (χ4v) is 2.89. The van der Waals surface area contributed by atoms with Gasteiger partial charge in [0, 0.05) is 6.54 Å². The zero-order valence-corrected chi connectivity index (χ0v) is 12.8. The Morgan fingerprint density at radius 1 is 1.38 bits per heavy atom. The van der Waals surface area contributed by atoms with Crippen LogP contribution in [-0.4, -0.2) is 30.8 Å². The topological polar surface area (TPSA) is 58.6 Å². The zero-order chi connectivity index (χ0) is 15.2. The van der Waals surface area contributed by atoms with E-state index in [9.17, 15) is 9.90 Å². The molecule has 0 heterocycles. The number of aliphatic hydroxyl groups excluding tert-OH is 1. The highest BCUT2D eigenvalue weighted by atomic mass is 16.5. The molecule has 0 aliphatic heterocycles. The number of carbonyl (C=O) groups is 1. The van der Waals surface area contributed by atoms with Crippen LogP contribution in [0.1, 0.15) is 31.7 Å². The number of ether oxygens (including phenoxy) is 1. The molecule has 0 saturated heterocycles. The maximum Gasteiger partial charge on any atom is 0.225 e. The molecule has 1 aliphatic carbocycles. The van der Waals surface area contributed by atoms with Crippen LogP contribution in [0, 0.1) is 11.8 Å². The third kappa shape index (κ3) is 4.46. The predicted octanol–water partition coefficient (Wildman–Crippen LogP) is 2.15. The second kappa shape index (κ2) is 7.46. The van der Waals surface area contributed by atoms with Crippen LogP contribution in [0.15, 0.2) is 24.3 Å². The molecule has 4 heteroatoms. The molecule has 1 aliphatic rings. The van der Waals surface area contributed by atoms with E-state index in [1.165, 1.54) is 5.56 Å². The van der Waals surface area contributed by atoms with Crippen LogP contribution in [-0.2, 0) is 11.2 Å². The van der Waals surface area contributed by atoms with Gasteiger partial charge in [0.2, 0.25) is 5.91 Å². The Balaban J connectivity index is 1.76. The van der Waals surface area contributed by atoms with Crippen LogP contribution in [0.4, 0.5) is 0 Å². The summed E-state index contributed by atoms with van der Waals surface area (Å²) in [6, 6.07) is 8.01. The maximum atomic E-state index is 12.0. The van der Waals surface area contributed by atoms with Crippen molar-refractivity contribution in [2.75, 3.05) is 13.7 Å². The van der Waals surface area contributed by atoms with Gasteiger partial charge in [0.1, 0.15) is 5.75 Å². The van der Waals surface area contributed by atoms with Gasteiger partial charge in [0.25, 0.3) is 0 Å². The molecule has 0 radical (unpaired) electrons. The first-order chi connectivity index (χ1) is 10.1. The molecule has 2 rings (SSSR count). The highest BCUT2D eigenvalue weighted by Crippen LogP contribution is 2.25. The normalized spacial score (nSPS) is 22.8. The van der Waals surface area contributed by atoms with Gasteiger partial charge in [-0.05, 0) is 49.3 Å². The van der Waals surface area contributed by atoms with Crippen molar-refractivity contribution in [3.63, 3.8) is 0 Å². The highest BCUT2D eigenvalue weighted by Gasteiger charge is 2.31. The minimum absolute atomic E-state index is 0.00146. The van der Waals surface area contributed by atoms with Crippen molar-refractivity contribution in [2.24, 2.45) is 11.8 Å². The van der Waals surface area contributed by atoms with Crippen LogP contribution in [0.3, 0.4) is 0 Å². The molecule has 1 aromatic rings. The number of methoxy groups -OCH3 is 1. The fraction of sp³-hybridized carbons (Fsp3) is 0.588. The third-order valence-corrected chi connectivity index (χ3v) is 4.18. The van der Waals surface area contributed by atoms with Gasteiger partial charge in [-0.25, -0.2) is 0 Å². The first-order valence-electron chi connectivity index (χ1n) is 7.69. The summed E-state index contributed by atoms with van der Waals surface area (Å²) < 4.78 is 5.14. The van der Waals surface area contributed by atoms with Crippen molar-refractivity contribution in [3.05, 3.63) is 29.8 Å². The molecule has 0 aromatic heterocycles. The lowest BCUT2D eigenvalue weighted by Crippen LogP contribution is -2.37. The van der Waals surface area contributed by atoms with Crippen LogP contribution >= 0.6 is 0 Å². The minimum atomic E-state index is -0.457. The van der Waals surface area contributed by atoms with Gasteiger partial charge in [-0.3, -0.25) is 4.79 Å². The number of hydrogen-bond acceptors (Lipinski definition) is 3. The molecule has 116 valence electrons. The average Bonchev–Trinajstić information content (AvgIpc) is 2.92. The smallest absolute Gasteiger partial charge is 0.225 e. The van der Waals surface area contributed by atoms with Gasteiger partial charge in [-0.1, -0.05) is 19.1 Å². The lowest BCUT2D eigenvalue weighted by molar-refractivity contribution is -0.127. The maximum absolute atomic E-state index is 12.0. The Kier molecular flexibility index (Phi) is 5.62. The summed E-state index contributed by atoms with van der Waals surface area (Å²) in [5.41, 5.74) is 1.23. The summed E-state index contributed by atoms with van der Waals surface area (Å²) in [7, 11) is 1.66. The molecule has 3 atom stereocenters. The van der Waals surface area contributed by atoms with Gasteiger partial charge in [-0.15, -0.1) is 0 Å². The second-order valence-electron chi connectivity index (χ2n) is 6.01. The fourth-order valence-electron chi connectivity index (χ4n) is 2.89. The summed E-state index contributed by atoms with van der Waals surface area (Å²) >= 11 is 0. The van der Waals surface area contributed by atoms with Gasteiger partial charge in [-0.2, -0.15) is 0 Å². The monoisotopic (exact) mass is 291 g/mol. The Bertz CT molecular complexity index is 458. The van der Waals surface area contributed by atoms with Crippen LogP contribution in [0.5, 0.6) is 5.75 Å². The van der Waals surface area contributed by atoms with E-state index in [1.807, 2.05) is 12.1 Å². The molecule has 4 nitrogen and oxygen atoms in total. The number of benzene rings is 1. The Morgan fingerprint density at radius 3 is 2.67 bits per heavy atom. The summed E-state index contributed by atoms with van der Waals surface area (Å²) in [5.74, 6) is 1.01. The standard InChI is InChI=1S/C17H25NO3/c1-12(10-13-6-8-14(21-2)9-7-13)11-18-17(20)15-4-3-5-16(15)19/h6-9,12,15-16,19H,3-5,10-11H2,1-2H3,(H,18,20). The number of rotatable bonds is 6. The van der Waals surface area contributed by atoms with Crippen molar-refractivity contribution >= 4 is 5.91 Å². The van der Waals surface area contributed by atoms with Crippen LogP contribution < -0.4 is 10.1 Å². The van der Waals surface area contributed by atoms with E-state index in [0.717, 1.165) is 31.4 Å². The average molecular weight is 291 g/mol. The lowest BCUT2D eigenvalue weighted by atomic mass is 10.00. The summed E-state index contributed by atoms with van der Waals surface area (Å²) in [6.07, 6.45) is 2.96.